The zero-order chi connectivity index (χ0) is 22.4. The van der Waals surface area contributed by atoms with Crippen LogP contribution < -0.4 is 10.1 Å². The summed E-state index contributed by atoms with van der Waals surface area (Å²) in [6.07, 6.45) is -4.31. The average molecular weight is 434 g/mol. The van der Waals surface area contributed by atoms with Crippen LogP contribution in [0.4, 0.5) is 18.9 Å². The van der Waals surface area contributed by atoms with Crippen molar-refractivity contribution in [1.29, 1.82) is 0 Å². The Labute approximate surface area is 177 Å². The standard InChI is InChI=1S/C22H21F3N2O4/c1-2-30-14-6-13-27-20(28)18(15-7-4-3-5-8-15)19(21(27)29)26-16-9-11-17(12-10-16)31-22(23,24)25/h3-5,7-12,26H,2,6,13-14H2,1H3. The normalized spacial score (nSPS) is 14.4. The molecular weight excluding hydrogens is 413 g/mol. The van der Waals surface area contributed by atoms with Gasteiger partial charge in [0.05, 0.1) is 5.57 Å². The van der Waals surface area contributed by atoms with Crippen LogP contribution in [0.3, 0.4) is 0 Å². The van der Waals surface area contributed by atoms with Crippen LogP contribution in [-0.2, 0) is 14.3 Å². The number of anilines is 1. The van der Waals surface area contributed by atoms with Crippen LogP contribution >= 0.6 is 0 Å². The van der Waals surface area contributed by atoms with Crippen molar-refractivity contribution in [1.82, 2.24) is 4.90 Å². The summed E-state index contributed by atoms with van der Waals surface area (Å²) in [5.74, 6) is -1.33. The number of imide groups is 1. The second-order valence-electron chi connectivity index (χ2n) is 6.63. The first kappa shape index (κ1) is 22.4. The molecule has 6 nitrogen and oxygen atoms in total. The van der Waals surface area contributed by atoms with E-state index in [0.29, 0.717) is 30.9 Å². The first-order valence-corrected chi connectivity index (χ1v) is 9.66. The van der Waals surface area contributed by atoms with Gasteiger partial charge in [-0.25, -0.2) is 0 Å². The topological polar surface area (TPSA) is 67.9 Å². The predicted molar refractivity (Wildman–Crippen MR) is 108 cm³/mol. The third-order valence-corrected chi connectivity index (χ3v) is 4.46. The van der Waals surface area contributed by atoms with Crippen LogP contribution in [0.25, 0.3) is 5.57 Å². The number of carbonyl (C=O) groups is 2. The van der Waals surface area contributed by atoms with Gasteiger partial charge in [0.25, 0.3) is 11.8 Å². The zero-order valence-corrected chi connectivity index (χ0v) is 16.7. The van der Waals surface area contributed by atoms with Crippen LogP contribution in [-0.4, -0.2) is 42.8 Å². The number of amides is 2. The van der Waals surface area contributed by atoms with Gasteiger partial charge < -0.3 is 14.8 Å². The lowest BCUT2D eigenvalue weighted by Crippen LogP contribution is -2.34. The summed E-state index contributed by atoms with van der Waals surface area (Å²) in [5.41, 5.74) is 1.18. The summed E-state index contributed by atoms with van der Waals surface area (Å²) in [6.45, 7) is 3.00. The Kier molecular flexibility index (Phi) is 6.96. The second-order valence-corrected chi connectivity index (χ2v) is 6.63. The summed E-state index contributed by atoms with van der Waals surface area (Å²) >= 11 is 0. The van der Waals surface area contributed by atoms with Crippen molar-refractivity contribution in [2.75, 3.05) is 25.1 Å². The van der Waals surface area contributed by atoms with Crippen molar-refractivity contribution in [3.05, 3.63) is 65.9 Å². The average Bonchev–Trinajstić information content (AvgIpc) is 2.96. The Morgan fingerprint density at radius 2 is 1.65 bits per heavy atom. The van der Waals surface area contributed by atoms with Crippen molar-refractivity contribution in [2.45, 2.75) is 19.7 Å². The number of benzene rings is 2. The van der Waals surface area contributed by atoms with Crippen LogP contribution in [0.15, 0.2) is 60.3 Å². The second kappa shape index (κ2) is 9.65. The molecule has 0 bridgehead atoms. The largest absolute Gasteiger partial charge is 0.573 e. The van der Waals surface area contributed by atoms with Gasteiger partial charge in [0.2, 0.25) is 0 Å². The Bertz CT molecular complexity index is 957. The highest BCUT2D eigenvalue weighted by molar-refractivity contribution is 6.36. The Morgan fingerprint density at radius 3 is 2.26 bits per heavy atom. The molecular formula is C22H21F3N2O4. The van der Waals surface area contributed by atoms with Gasteiger partial charge in [-0.15, -0.1) is 13.2 Å². The molecule has 1 aliphatic rings. The van der Waals surface area contributed by atoms with Gasteiger partial charge in [0.15, 0.2) is 0 Å². The molecule has 2 amide bonds. The van der Waals surface area contributed by atoms with Crippen molar-refractivity contribution in [3.63, 3.8) is 0 Å². The fourth-order valence-electron chi connectivity index (χ4n) is 3.12. The molecule has 164 valence electrons. The quantitative estimate of drug-likeness (QED) is 0.473. The molecule has 0 spiro atoms. The number of ether oxygens (including phenoxy) is 2. The fourth-order valence-corrected chi connectivity index (χ4v) is 3.12. The number of halogens is 3. The molecule has 1 aliphatic heterocycles. The summed E-state index contributed by atoms with van der Waals surface area (Å²) in [6, 6.07) is 13.6. The number of hydrogen-bond donors (Lipinski definition) is 1. The van der Waals surface area contributed by atoms with E-state index in [4.69, 9.17) is 4.74 Å². The van der Waals surface area contributed by atoms with Crippen LogP contribution in [0.2, 0.25) is 0 Å². The van der Waals surface area contributed by atoms with E-state index < -0.39 is 18.2 Å². The van der Waals surface area contributed by atoms with Gasteiger partial charge in [0.1, 0.15) is 11.4 Å². The number of nitrogens with one attached hydrogen (secondary N) is 1. The molecule has 2 aromatic carbocycles. The zero-order valence-electron chi connectivity index (χ0n) is 16.7. The van der Waals surface area contributed by atoms with Crippen molar-refractivity contribution >= 4 is 23.1 Å². The minimum absolute atomic E-state index is 0.0668. The van der Waals surface area contributed by atoms with Crippen LogP contribution in [0, 0.1) is 0 Å². The number of nitrogens with zero attached hydrogens (tertiary/aromatic N) is 1. The lowest BCUT2D eigenvalue weighted by atomic mass is 10.0. The maximum Gasteiger partial charge on any atom is 0.573 e. The van der Waals surface area contributed by atoms with E-state index in [1.165, 1.54) is 12.1 Å². The summed E-state index contributed by atoms with van der Waals surface area (Å²) in [5, 5.41) is 2.89. The number of hydrogen-bond acceptors (Lipinski definition) is 5. The minimum atomic E-state index is -4.80. The highest BCUT2D eigenvalue weighted by atomic mass is 19.4. The summed E-state index contributed by atoms with van der Waals surface area (Å²) in [7, 11) is 0. The summed E-state index contributed by atoms with van der Waals surface area (Å²) in [4.78, 5) is 27.1. The predicted octanol–water partition coefficient (Wildman–Crippen LogP) is 4.20. The molecule has 0 aromatic heterocycles. The minimum Gasteiger partial charge on any atom is -0.406 e. The maximum absolute atomic E-state index is 13.0. The van der Waals surface area contributed by atoms with Gasteiger partial charge in [-0.05, 0) is 43.2 Å². The van der Waals surface area contributed by atoms with Crippen molar-refractivity contribution < 1.29 is 32.2 Å². The molecule has 0 saturated heterocycles. The smallest absolute Gasteiger partial charge is 0.406 e. The monoisotopic (exact) mass is 434 g/mol. The molecule has 1 N–H and O–H groups in total. The SMILES string of the molecule is CCOCCCN1C(=O)C(Nc2ccc(OC(F)(F)F)cc2)=C(c2ccccc2)C1=O. The molecule has 0 unspecified atom stereocenters. The molecule has 0 radical (unpaired) electrons. The van der Waals surface area contributed by atoms with Crippen LogP contribution in [0.1, 0.15) is 18.9 Å². The number of carbonyl (C=O) groups excluding carboxylic acids is 2. The van der Waals surface area contributed by atoms with Gasteiger partial charge in [-0.2, -0.15) is 0 Å². The number of alkyl halides is 3. The molecule has 0 saturated carbocycles. The lowest BCUT2D eigenvalue weighted by Gasteiger charge is -2.15. The first-order valence-electron chi connectivity index (χ1n) is 9.66. The lowest BCUT2D eigenvalue weighted by molar-refractivity contribution is -0.274. The molecule has 3 rings (SSSR count). The molecule has 9 heteroatoms. The van der Waals surface area contributed by atoms with Crippen LogP contribution in [0.5, 0.6) is 5.75 Å². The molecule has 0 aliphatic carbocycles. The van der Waals surface area contributed by atoms with Gasteiger partial charge in [-0.1, -0.05) is 30.3 Å². The molecule has 2 aromatic rings. The van der Waals surface area contributed by atoms with Gasteiger partial charge in [-0.3, -0.25) is 14.5 Å². The van der Waals surface area contributed by atoms with E-state index in [1.807, 2.05) is 6.92 Å². The van der Waals surface area contributed by atoms with E-state index in [-0.39, 0.29) is 23.6 Å². The molecule has 0 atom stereocenters. The van der Waals surface area contributed by atoms with E-state index in [0.717, 1.165) is 17.0 Å². The number of rotatable bonds is 9. The molecule has 1 heterocycles. The Morgan fingerprint density at radius 1 is 0.968 bits per heavy atom. The first-order chi connectivity index (χ1) is 14.8. The third kappa shape index (κ3) is 5.64. The highest BCUT2D eigenvalue weighted by Crippen LogP contribution is 2.31. The van der Waals surface area contributed by atoms with Gasteiger partial charge >= 0.3 is 6.36 Å². The maximum atomic E-state index is 13.0. The Balaban J connectivity index is 1.85. The van der Waals surface area contributed by atoms with E-state index in [1.54, 1.807) is 30.3 Å². The van der Waals surface area contributed by atoms with E-state index >= 15 is 0 Å². The highest BCUT2D eigenvalue weighted by Gasteiger charge is 2.38. The molecule has 0 fully saturated rings. The fraction of sp³-hybridized carbons (Fsp3) is 0.273. The van der Waals surface area contributed by atoms with Crippen molar-refractivity contribution in [2.24, 2.45) is 0 Å². The van der Waals surface area contributed by atoms with E-state index in [9.17, 15) is 22.8 Å². The van der Waals surface area contributed by atoms with Crippen molar-refractivity contribution in [3.8, 4) is 5.75 Å². The van der Waals surface area contributed by atoms with E-state index in [2.05, 4.69) is 10.1 Å². The third-order valence-electron chi connectivity index (χ3n) is 4.46. The Hall–Kier alpha value is -3.33. The molecule has 31 heavy (non-hydrogen) atoms. The van der Waals surface area contributed by atoms with Gasteiger partial charge in [0, 0.05) is 25.4 Å². The summed E-state index contributed by atoms with van der Waals surface area (Å²) < 4.78 is 46.2.